The van der Waals surface area contributed by atoms with E-state index in [9.17, 15) is 0 Å². The van der Waals surface area contributed by atoms with Crippen LogP contribution in [-0.4, -0.2) is 35.5 Å². The minimum Gasteiger partial charge on any atom is -0.424 e. The molecule has 0 bridgehead atoms. The minimum absolute atomic E-state index is 0.0355. The van der Waals surface area contributed by atoms with Gasteiger partial charge in [0.05, 0.1) is 16.6 Å². The number of imidazole rings is 1. The van der Waals surface area contributed by atoms with E-state index < -0.39 is 0 Å². The molecule has 39 heavy (non-hydrogen) atoms. The van der Waals surface area contributed by atoms with E-state index in [-0.39, 0.29) is 21.1 Å². The number of pyridine rings is 1. The lowest BCUT2D eigenvalue weighted by molar-refractivity contribution is 1.06. The largest absolute Gasteiger partial charge is 0.488 e. The summed E-state index contributed by atoms with van der Waals surface area (Å²) in [5.41, 5.74) is 10.8. The summed E-state index contributed by atoms with van der Waals surface area (Å²) in [7, 11) is -0.139. The normalized spacial score (nSPS) is 14.6. The lowest BCUT2D eigenvalue weighted by Gasteiger charge is -2.56. The van der Waals surface area contributed by atoms with Gasteiger partial charge in [0.1, 0.15) is 11.6 Å². The Labute approximate surface area is 231 Å². The van der Waals surface area contributed by atoms with Crippen molar-refractivity contribution in [3.05, 3.63) is 101 Å². The second-order valence-corrected chi connectivity index (χ2v) is 11.0. The molecule has 0 spiro atoms. The SMILES string of the molecule is CB1N2B(N(c3c(C)cccc3C)B(C)N1c1c(C)cccc1C)n1c(nc3ccccc31)-c1cccnc12. The maximum atomic E-state index is 5.17. The summed E-state index contributed by atoms with van der Waals surface area (Å²) in [5.74, 6) is 1.94. The molecule has 5 aromatic rings. The molecule has 190 valence electrons. The second kappa shape index (κ2) is 8.70. The highest BCUT2D eigenvalue weighted by atomic mass is 15.4. The molecule has 4 heterocycles. The molecular formula is C30H31B3N6. The first-order valence-corrected chi connectivity index (χ1v) is 13.8. The van der Waals surface area contributed by atoms with Gasteiger partial charge in [-0.2, -0.15) is 0 Å². The van der Waals surface area contributed by atoms with Crippen molar-refractivity contribution in [3.63, 3.8) is 0 Å². The fraction of sp³-hybridized carbons (Fsp3) is 0.200. The molecule has 0 N–H and O–H groups in total. The summed E-state index contributed by atoms with van der Waals surface area (Å²) in [5, 5.41) is 0. The van der Waals surface area contributed by atoms with Crippen LogP contribution in [0.5, 0.6) is 0 Å². The molecule has 0 unspecified atom stereocenters. The van der Waals surface area contributed by atoms with Gasteiger partial charge in [0, 0.05) is 17.6 Å². The van der Waals surface area contributed by atoms with E-state index in [1.807, 2.05) is 12.3 Å². The van der Waals surface area contributed by atoms with Crippen LogP contribution in [0, 0.1) is 27.7 Å². The number of benzene rings is 3. The van der Waals surface area contributed by atoms with Crippen LogP contribution < -0.4 is 14.2 Å². The summed E-state index contributed by atoms with van der Waals surface area (Å²) in [6.45, 7) is 13.7. The Morgan fingerprint density at radius 2 is 1.21 bits per heavy atom. The van der Waals surface area contributed by atoms with E-state index in [0.717, 1.165) is 28.2 Å². The summed E-state index contributed by atoms with van der Waals surface area (Å²) in [6, 6.07) is 25.9. The molecule has 2 aliphatic heterocycles. The lowest BCUT2D eigenvalue weighted by Crippen LogP contribution is -2.80. The lowest BCUT2D eigenvalue weighted by atomic mass is 9.46. The number of hydrogen-bond donors (Lipinski definition) is 0. The van der Waals surface area contributed by atoms with Crippen LogP contribution >= 0.6 is 0 Å². The summed E-state index contributed by atoms with van der Waals surface area (Å²) in [6.07, 6.45) is 1.91. The van der Waals surface area contributed by atoms with Gasteiger partial charge in [-0.3, -0.25) is 0 Å². The molecule has 2 aliphatic rings. The standard InChI is InChI=1S/C30H31B3N6/c1-20-12-9-13-21(2)27(20)37-31(5)38(28-22(3)14-10-15-23(28)4)33-36-26-18-8-7-17-25(26)35-30(36)24-16-11-19-34-29(24)39(33)32(37)6/h7-19H,1-6H3. The topological polar surface area (TPSA) is 40.4 Å². The van der Waals surface area contributed by atoms with Crippen molar-refractivity contribution < 1.29 is 0 Å². The molecule has 9 heteroatoms. The van der Waals surface area contributed by atoms with Crippen molar-refractivity contribution in [2.75, 3.05) is 14.2 Å². The predicted octanol–water partition coefficient (Wildman–Crippen LogP) is 6.25. The van der Waals surface area contributed by atoms with Crippen LogP contribution in [0.3, 0.4) is 0 Å². The zero-order chi connectivity index (χ0) is 27.0. The van der Waals surface area contributed by atoms with E-state index in [1.54, 1.807) is 0 Å². The van der Waals surface area contributed by atoms with E-state index in [1.165, 1.54) is 33.6 Å². The molecule has 2 aromatic heterocycles. The number of aryl methyl sites for hydroxylation is 4. The van der Waals surface area contributed by atoms with Gasteiger partial charge in [0.2, 0.25) is 0 Å². The monoisotopic (exact) mass is 508 g/mol. The molecule has 7 rings (SSSR count). The third-order valence-electron chi connectivity index (χ3n) is 8.60. The molecule has 6 nitrogen and oxygen atoms in total. The van der Waals surface area contributed by atoms with E-state index in [2.05, 4.69) is 127 Å². The molecule has 1 saturated heterocycles. The molecular weight excluding hydrogens is 477 g/mol. The average molecular weight is 508 g/mol. The fourth-order valence-corrected chi connectivity index (χ4v) is 6.98. The summed E-state index contributed by atoms with van der Waals surface area (Å²) < 4.78 is 10.1. The van der Waals surface area contributed by atoms with Crippen molar-refractivity contribution in [3.8, 4) is 11.4 Å². The van der Waals surface area contributed by atoms with Crippen LogP contribution in [-0.2, 0) is 0 Å². The van der Waals surface area contributed by atoms with Gasteiger partial charge in [-0.15, -0.1) is 0 Å². The van der Waals surface area contributed by atoms with Gasteiger partial charge in [-0.1, -0.05) is 48.5 Å². The van der Waals surface area contributed by atoms with Gasteiger partial charge < -0.3 is 18.6 Å². The first-order valence-electron chi connectivity index (χ1n) is 13.8. The van der Waals surface area contributed by atoms with E-state index in [4.69, 9.17) is 9.97 Å². The first kappa shape index (κ1) is 24.0. The minimum atomic E-state index is -0.139. The Kier molecular flexibility index (Phi) is 5.34. The Bertz CT molecular complexity index is 1710. The second-order valence-electron chi connectivity index (χ2n) is 11.0. The highest BCUT2D eigenvalue weighted by Gasteiger charge is 2.56. The highest BCUT2D eigenvalue weighted by molar-refractivity contribution is 7.04. The third-order valence-corrected chi connectivity index (χ3v) is 8.60. The molecule has 0 atom stereocenters. The number of nitrogens with zero attached hydrogens (tertiary/aromatic N) is 6. The Morgan fingerprint density at radius 3 is 1.87 bits per heavy atom. The van der Waals surface area contributed by atoms with Crippen LogP contribution in [0.1, 0.15) is 22.3 Å². The number of aromatic nitrogens is 3. The molecule has 1 fully saturated rings. The fourth-order valence-electron chi connectivity index (χ4n) is 6.98. The summed E-state index contributed by atoms with van der Waals surface area (Å²) >= 11 is 0. The maximum absolute atomic E-state index is 5.17. The number of rotatable bonds is 2. The number of para-hydroxylation sites is 4. The summed E-state index contributed by atoms with van der Waals surface area (Å²) in [4.78, 5) is 10.2. The van der Waals surface area contributed by atoms with Crippen LogP contribution in [0.25, 0.3) is 22.4 Å². The zero-order valence-electron chi connectivity index (χ0n) is 23.4. The average Bonchev–Trinajstić information content (AvgIpc) is 3.31. The number of anilines is 3. The van der Waals surface area contributed by atoms with Gasteiger partial charge in [0.25, 0.3) is 0 Å². The van der Waals surface area contributed by atoms with Crippen molar-refractivity contribution in [1.29, 1.82) is 0 Å². The Morgan fingerprint density at radius 1 is 0.615 bits per heavy atom. The van der Waals surface area contributed by atoms with Crippen LogP contribution in [0.2, 0.25) is 13.6 Å². The Hall–Kier alpha value is -4.13. The van der Waals surface area contributed by atoms with Gasteiger partial charge >= 0.3 is 21.1 Å². The first-order chi connectivity index (χ1) is 18.9. The van der Waals surface area contributed by atoms with Crippen molar-refractivity contribution >= 4 is 49.3 Å². The predicted molar refractivity (Wildman–Crippen MR) is 167 cm³/mol. The smallest absolute Gasteiger partial charge is 0.424 e. The third kappa shape index (κ3) is 3.32. The van der Waals surface area contributed by atoms with Gasteiger partial charge in [-0.05, 0) is 87.9 Å². The number of hydrogen-bond acceptors (Lipinski definition) is 5. The van der Waals surface area contributed by atoms with E-state index in [0.29, 0.717) is 0 Å². The number of fused-ring (bicyclic) bond motifs is 8. The molecule has 0 radical (unpaired) electrons. The molecule has 3 aromatic carbocycles. The zero-order valence-corrected chi connectivity index (χ0v) is 23.4. The van der Waals surface area contributed by atoms with Crippen LogP contribution in [0.4, 0.5) is 17.2 Å². The van der Waals surface area contributed by atoms with Crippen molar-refractivity contribution in [2.24, 2.45) is 0 Å². The molecule has 0 aliphatic carbocycles. The van der Waals surface area contributed by atoms with Crippen LogP contribution in [0.15, 0.2) is 79.0 Å². The molecule has 0 saturated carbocycles. The van der Waals surface area contributed by atoms with Gasteiger partial charge in [-0.25, -0.2) is 9.97 Å². The maximum Gasteiger partial charge on any atom is 0.488 e. The quantitative estimate of drug-likeness (QED) is 0.264. The van der Waals surface area contributed by atoms with Crippen molar-refractivity contribution in [1.82, 2.24) is 14.4 Å². The van der Waals surface area contributed by atoms with E-state index >= 15 is 0 Å². The highest BCUT2D eigenvalue weighted by Crippen LogP contribution is 2.44. The van der Waals surface area contributed by atoms with Crippen molar-refractivity contribution in [2.45, 2.75) is 41.3 Å². The van der Waals surface area contributed by atoms with Gasteiger partial charge in [0.15, 0.2) is 0 Å². The Balaban J connectivity index is 1.58. The molecule has 0 amide bonds.